The van der Waals surface area contributed by atoms with E-state index in [2.05, 4.69) is 0 Å². The first-order valence-corrected chi connectivity index (χ1v) is 4.88. The summed E-state index contributed by atoms with van der Waals surface area (Å²) in [5.74, 6) is -1.10. The number of amides is 1. The molecule has 1 fully saturated rings. The molecule has 0 aromatic heterocycles. The first-order valence-electron chi connectivity index (χ1n) is 4.51. The van der Waals surface area contributed by atoms with Crippen LogP contribution < -0.4 is 0 Å². The van der Waals surface area contributed by atoms with Gasteiger partial charge in [0.15, 0.2) is 0 Å². The second kappa shape index (κ2) is 3.79. The number of likely N-dealkylation sites (tertiary alicyclic amines) is 1. The Hall–Kier alpha value is -1.13. The van der Waals surface area contributed by atoms with E-state index in [4.69, 9.17) is 16.7 Å². The largest absolute Gasteiger partial charge is 0.389 e. The molecule has 0 saturated carbocycles. The van der Waals surface area contributed by atoms with Crippen LogP contribution in [-0.4, -0.2) is 35.1 Å². The van der Waals surface area contributed by atoms with Crippen molar-refractivity contribution in [2.24, 2.45) is 0 Å². The van der Waals surface area contributed by atoms with Crippen molar-refractivity contribution < 1.29 is 14.3 Å². The van der Waals surface area contributed by atoms with Crippen molar-refractivity contribution >= 4 is 17.5 Å². The minimum absolute atomic E-state index is 0.0985. The molecule has 15 heavy (non-hydrogen) atoms. The Kier molecular flexibility index (Phi) is 2.63. The summed E-state index contributed by atoms with van der Waals surface area (Å²) in [5.41, 5.74) is -0.119. The summed E-state index contributed by atoms with van der Waals surface area (Å²) in [6.07, 6.45) is -0.500. The molecule has 3 nitrogen and oxygen atoms in total. The molecule has 2 rings (SSSR count). The third-order valence-electron chi connectivity index (χ3n) is 2.33. The third kappa shape index (κ3) is 1.82. The maximum Gasteiger partial charge on any atom is 0.258 e. The molecule has 80 valence electrons. The highest BCUT2D eigenvalue weighted by atomic mass is 35.5. The molecule has 1 amide bonds. The number of carbonyl (C=O) groups is 1. The fourth-order valence-electron chi connectivity index (χ4n) is 1.48. The van der Waals surface area contributed by atoms with Gasteiger partial charge in [0.1, 0.15) is 5.82 Å². The van der Waals surface area contributed by atoms with E-state index in [1.54, 1.807) is 0 Å². The topological polar surface area (TPSA) is 40.5 Å². The Balaban J connectivity index is 2.26. The van der Waals surface area contributed by atoms with E-state index in [-0.39, 0.29) is 23.7 Å². The first kappa shape index (κ1) is 10.4. The van der Waals surface area contributed by atoms with Crippen LogP contribution in [0.4, 0.5) is 4.39 Å². The highest BCUT2D eigenvalue weighted by Gasteiger charge is 2.31. The summed E-state index contributed by atoms with van der Waals surface area (Å²) < 4.78 is 13.3. The van der Waals surface area contributed by atoms with Crippen molar-refractivity contribution in [2.75, 3.05) is 13.1 Å². The molecule has 1 aromatic carbocycles. The molecule has 1 aromatic rings. The molecule has 1 heterocycles. The summed E-state index contributed by atoms with van der Waals surface area (Å²) in [5, 5.41) is 9.13. The maximum atomic E-state index is 13.3. The minimum Gasteiger partial charge on any atom is -0.389 e. The number of aliphatic hydroxyl groups excluding tert-OH is 1. The zero-order valence-electron chi connectivity index (χ0n) is 7.78. The molecule has 0 atom stereocenters. The standard InChI is InChI=1S/C10H9ClFNO2/c11-7-2-1-3-8(12)9(7)10(15)13-4-6(14)5-13/h1-3,6,14H,4-5H2. The van der Waals surface area contributed by atoms with Crippen molar-refractivity contribution in [1.82, 2.24) is 4.90 Å². The van der Waals surface area contributed by atoms with Crippen molar-refractivity contribution in [2.45, 2.75) is 6.10 Å². The number of hydrogen-bond acceptors (Lipinski definition) is 2. The molecule has 0 aliphatic carbocycles. The highest BCUT2D eigenvalue weighted by molar-refractivity contribution is 6.33. The van der Waals surface area contributed by atoms with Crippen molar-refractivity contribution in [3.8, 4) is 0 Å². The second-order valence-corrected chi connectivity index (χ2v) is 3.87. The van der Waals surface area contributed by atoms with Crippen LogP contribution in [0.3, 0.4) is 0 Å². The van der Waals surface area contributed by atoms with E-state index in [9.17, 15) is 9.18 Å². The van der Waals surface area contributed by atoms with Crippen LogP contribution in [-0.2, 0) is 0 Å². The van der Waals surface area contributed by atoms with Crippen LogP contribution in [0.5, 0.6) is 0 Å². The van der Waals surface area contributed by atoms with Gasteiger partial charge in [-0.1, -0.05) is 17.7 Å². The lowest BCUT2D eigenvalue weighted by molar-refractivity contribution is 0.00560. The van der Waals surface area contributed by atoms with Gasteiger partial charge >= 0.3 is 0 Å². The molecular weight excluding hydrogens is 221 g/mol. The van der Waals surface area contributed by atoms with Gasteiger partial charge in [-0.3, -0.25) is 4.79 Å². The minimum atomic E-state index is -0.631. The van der Waals surface area contributed by atoms with Gasteiger partial charge in [-0.2, -0.15) is 0 Å². The molecule has 0 spiro atoms. The Labute approximate surface area is 91.1 Å². The molecule has 0 unspecified atom stereocenters. The molecule has 0 radical (unpaired) electrons. The van der Waals surface area contributed by atoms with E-state index in [1.807, 2.05) is 0 Å². The van der Waals surface area contributed by atoms with Crippen molar-refractivity contribution in [1.29, 1.82) is 0 Å². The fourth-order valence-corrected chi connectivity index (χ4v) is 1.73. The lowest BCUT2D eigenvalue weighted by atomic mass is 10.1. The molecule has 5 heteroatoms. The van der Waals surface area contributed by atoms with Crippen LogP contribution in [0.15, 0.2) is 18.2 Å². The number of β-amino-alcohol motifs (C(OH)–C–C–N with tert-alkyl or cyclic N) is 1. The number of rotatable bonds is 1. The van der Waals surface area contributed by atoms with Gasteiger partial charge in [0, 0.05) is 13.1 Å². The number of halogens is 2. The lowest BCUT2D eigenvalue weighted by Crippen LogP contribution is -2.53. The number of benzene rings is 1. The number of hydrogen-bond donors (Lipinski definition) is 1. The Morgan fingerprint density at radius 3 is 2.73 bits per heavy atom. The molecule has 0 bridgehead atoms. The van der Waals surface area contributed by atoms with Crippen LogP contribution in [0.2, 0.25) is 5.02 Å². The monoisotopic (exact) mass is 229 g/mol. The SMILES string of the molecule is O=C(c1c(F)cccc1Cl)N1CC(O)C1. The summed E-state index contributed by atoms with van der Waals surface area (Å²) in [7, 11) is 0. The van der Waals surface area contributed by atoms with E-state index >= 15 is 0 Å². The lowest BCUT2D eigenvalue weighted by Gasteiger charge is -2.36. The first-order chi connectivity index (χ1) is 7.09. The number of aliphatic hydroxyl groups is 1. The van der Waals surface area contributed by atoms with E-state index in [0.29, 0.717) is 0 Å². The van der Waals surface area contributed by atoms with Crippen LogP contribution >= 0.6 is 11.6 Å². The van der Waals surface area contributed by atoms with Gasteiger partial charge in [0.25, 0.3) is 5.91 Å². The summed E-state index contributed by atoms with van der Waals surface area (Å²) in [6, 6.07) is 4.10. The van der Waals surface area contributed by atoms with Crippen molar-refractivity contribution in [3.63, 3.8) is 0 Å². The van der Waals surface area contributed by atoms with E-state index in [1.165, 1.54) is 23.1 Å². The normalized spacial score (nSPS) is 16.3. The predicted molar refractivity (Wildman–Crippen MR) is 53.3 cm³/mol. The predicted octanol–water partition coefficient (Wildman–Crippen LogP) is 1.30. The average Bonchev–Trinajstić information content (AvgIpc) is 2.12. The fraction of sp³-hybridized carbons (Fsp3) is 0.300. The van der Waals surface area contributed by atoms with Gasteiger partial charge in [-0.25, -0.2) is 4.39 Å². The van der Waals surface area contributed by atoms with Crippen LogP contribution in [0.25, 0.3) is 0 Å². The molecule has 1 aliphatic heterocycles. The van der Waals surface area contributed by atoms with Crippen LogP contribution in [0.1, 0.15) is 10.4 Å². The Morgan fingerprint density at radius 2 is 2.20 bits per heavy atom. The van der Waals surface area contributed by atoms with Gasteiger partial charge in [0.05, 0.1) is 16.7 Å². The summed E-state index contributed by atoms with van der Waals surface area (Å²) >= 11 is 5.74. The van der Waals surface area contributed by atoms with E-state index < -0.39 is 17.8 Å². The zero-order valence-corrected chi connectivity index (χ0v) is 8.54. The van der Waals surface area contributed by atoms with Crippen molar-refractivity contribution in [3.05, 3.63) is 34.6 Å². The van der Waals surface area contributed by atoms with Gasteiger partial charge in [0.2, 0.25) is 0 Å². The molecule has 1 N–H and O–H groups in total. The summed E-state index contributed by atoms with van der Waals surface area (Å²) in [6.45, 7) is 0.479. The third-order valence-corrected chi connectivity index (χ3v) is 2.64. The summed E-state index contributed by atoms with van der Waals surface area (Å²) in [4.78, 5) is 13.1. The number of nitrogens with zero attached hydrogens (tertiary/aromatic N) is 1. The molecular formula is C10H9ClFNO2. The smallest absolute Gasteiger partial charge is 0.258 e. The Bertz CT molecular complexity index is 384. The van der Waals surface area contributed by atoms with Crippen LogP contribution in [0, 0.1) is 5.82 Å². The van der Waals surface area contributed by atoms with Gasteiger partial charge < -0.3 is 10.0 Å². The van der Waals surface area contributed by atoms with Gasteiger partial charge in [-0.05, 0) is 12.1 Å². The second-order valence-electron chi connectivity index (χ2n) is 3.46. The average molecular weight is 230 g/mol. The van der Waals surface area contributed by atoms with E-state index in [0.717, 1.165) is 0 Å². The number of carbonyl (C=O) groups excluding carboxylic acids is 1. The maximum absolute atomic E-state index is 13.3. The van der Waals surface area contributed by atoms with Gasteiger partial charge in [-0.15, -0.1) is 0 Å². The molecule has 1 aliphatic rings. The molecule has 1 saturated heterocycles. The highest BCUT2D eigenvalue weighted by Crippen LogP contribution is 2.22. The zero-order chi connectivity index (χ0) is 11.0. The quantitative estimate of drug-likeness (QED) is 0.789. The Morgan fingerprint density at radius 1 is 1.53 bits per heavy atom.